The van der Waals surface area contributed by atoms with Gasteiger partial charge in [0.15, 0.2) is 5.11 Å². The molecule has 23 heavy (non-hydrogen) atoms. The summed E-state index contributed by atoms with van der Waals surface area (Å²) in [4.78, 5) is 15.1. The molecule has 0 saturated carbocycles. The highest BCUT2D eigenvalue weighted by Crippen LogP contribution is 2.11. The second kappa shape index (κ2) is 6.70. The monoisotopic (exact) mass is 326 g/mol. The van der Waals surface area contributed by atoms with E-state index in [2.05, 4.69) is 25.6 Å². The number of aryl methyl sites for hydroxylation is 2. The molecule has 2 aromatic rings. The smallest absolute Gasteiger partial charge is 0.229 e. The van der Waals surface area contributed by atoms with Gasteiger partial charge in [0.1, 0.15) is 0 Å². The molecule has 3 rings (SSSR count). The molecule has 2 heterocycles. The van der Waals surface area contributed by atoms with Gasteiger partial charge in [0, 0.05) is 23.6 Å². The average molecular weight is 326 g/mol. The molecule has 1 aromatic heterocycles. The minimum absolute atomic E-state index is 0.538. The molecule has 1 aromatic carbocycles. The van der Waals surface area contributed by atoms with Crippen molar-refractivity contribution in [1.29, 1.82) is 0 Å². The van der Waals surface area contributed by atoms with Crippen LogP contribution in [-0.2, 0) is 0 Å². The predicted octanol–water partition coefficient (Wildman–Crippen LogP) is 2.57. The number of guanidine groups is 1. The van der Waals surface area contributed by atoms with Crippen LogP contribution in [0.4, 0.5) is 11.6 Å². The van der Waals surface area contributed by atoms with Crippen LogP contribution in [0.1, 0.15) is 11.4 Å². The van der Waals surface area contributed by atoms with Crippen LogP contribution < -0.4 is 10.6 Å². The minimum atomic E-state index is 0.538. The van der Waals surface area contributed by atoms with Crippen LogP contribution in [0, 0.1) is 13.8 Å². The van der Waals surface area contributed by atoms with Gasteiger partial charge in [0.2, 0.25) is 11.9 Å². The van der Waals surface area contributed by atoms with Crippen molar-refractivity contribution in [2.75, 3.05) is 23.7 Å². The first-order valence-corrected chi connectivity index (χ1v) is 7.80. The molecule has 2 N–H and O–H groups in total. The maximum absolute atomic E-state index is 5.49. The molecule has 0 spiro atoms. The van der Waals surface area contributed by atoms with Crippen LogP contribution in [0.5, 0.6) is 0 Å². The van der Waals surface area contributed by atoms with Crippen LogP contribution in [0.2, 0.25) is 0 Å². The highest BCUT2D eigenvalue weighted by Gasteiger charge is 2.22. The molecule has 0 aliphatic carbocycles. The van der Waals surface area contributed by atoms with Crippen molar-refractivity contribution in [1.82, 2.24) is 14.9 Å². The van der Waals surface area contributed by atoms with Gasteiger partial charge >= 0.3 is 0 Å². The first-order chi connectivity index (χ1) is 11.1. The van der Waals surface area contributed by atoms with E-state index in [1.807, 2.05) is 55.1 Å². The van der Waals surface area contributed by atoms with Gasteiger partial charge in [-0.2, -0.15) is 0 Å². The number of aliphatic imine (C=N–C) groups is 1. The lowest BCUT2D eigenvalue weighted by Crippen LogP contribution is -2.41. The first kappa shape index (κ1) is 15.4. The van der Waals surface area contributed by atoms with Crippen molar-refractivity contribution >= 4 is 34.9 Å². The highest BCUT2D eigenvalue weighted by atomic mass is 32.1. The molecule has 1 aliphatic heterocycles. The van der Waals surface area contributed by atoms with Gasteiger partial charge in [0.05, 0.1) is 6.54 Å². The number of aromatic nitrogens is 2. The van der Waals surface area contributed by atoms with Gasteiger partial charge in [-0.25, -0.2) is 9.97 Å². The van der Waals surface area contributed by atoms with Gasteiger partial charge < -0.3 is 5.32 Å². The van der Waals surface area contributed by atoms with Crippen molar-refractivity contribution in [3.8, 4) is 0 Å². The number of thiocarbonyl (C=S) groups is 1. The Hall–Kier alpha value is -2.54. The lowest BCUT2D eigenvalue weighted by atomic mass is 10.3. The maximum atomic E-state index is 5.49. The topological polar surface area (TPSA) is 65.4 Å². The third-order valence-electron chi connectivity index (χ3n) is 3.32. The Morgan fingerprint density at radius 1 is 1.13 bits per heavy atom. The zero-order chi connectivity index (χ0) is 16.2. The fourth-order valence-corrected chi connectivity index (χ4v) is 2.64. The quantitative estimate of drug-likeness (QED) is 0.827. The number of rotatable bonds is 2. The first-order valence-electron chi connectivity index (χ1n) is 7.39. The number of anilines is 2. The summed E-state index contributed by atoms with van der Waals surface area (Å²) in [5.41, 5.74) is 2.77. The van der Waals surface area contributed by atoms with Crippen molar-refractivity contribution < 1.29 is 0 Å². The van der Waals surface area contributed by atoms with Crippen LogP contribution in [-0.4, -0.2) is 39.0 Å². The number of hydrogen-bond donors (Lipinski definition) is 2. The number of para-hydroxylation sites is 1. The summed E-state index contributed by atoms with van der Waals surface area (Å²) in [6.07, 6.45) is 0. The van der Waals surface area contributed by atoms with Crippen molar-refractivity contribution in [3.05, 3.63) is 47.8 Å². The molecule has 0 amide bonds. The summed E-state index contributed by atoms with van der Waals surface area (Å²) in [6.45, 7) is 5.29. The second-order valence-electron chi connectivity index (χ2n) is 5.25. The lowest BCUT2D eigenvalue weighted by molar-refractivity contribution is 0.673. The molecule has 0 unspecified atom stereocenters. The Bertz CT molecular complexity index is 723. The van der Waals surface area contributed by atoms with Gasteiger partial charge in [0.25, 0.3) is 0 Å². The predicted molar refractivity (Wildman–Crippen MR) is 96.8 cm³/mol. The van der Waals surface area contributed by atoms with Crippen molar-refractivity contribution in [2.45, 2.75) is 13.8 Å². The number of nitrogens with one attached hydrogen (secondary N) is 2. The van der Waals surface area contributed by atoms with E-state index < -0.39 is 0 Å². The lowest BCUT2D eigenvalue weighted by Gasteiger charge is -2.22. The van der Waals surface area contributed by atoms with E-state index in [1.54, 1.807) is 0 Å². The zero-order valence-corrected chi connectivity index (χ0v) is 13.9. The Labute approximate surface area is 140 Å². The summed E-state index contributed by atoms with van der Waals surface area (Å²) in [5.74, 6) is 1.21. The molecule has 7 heteroatoms. The molecule has 0 atom stereocenters. The molecule has 6 nitrogen and oxygen atoms in total. The Kier molecular flexibility index (Phi) is 4.47. The molecule has 0 saturated heterocycles. The fourth-order valence-electron chi connectivity index (χ4n) is 2.35. The van der Waals surface area contributed by atoms with E-state index >= 15 is 0 Å². The molecule has 0 fully saturated rings. The molecular formula is C16H18N6S. The Morgan fingerprint density at radius 2 is 1.83 bits per heavy atom. The fraction of sp³-hybridized carbons (Fsp3) is 0.250. The molecule has 0 bridgehead atoms. The highest BCUT2D eigenvalue weighted by molar-refractivity contribution is 7.80. The van der Waals surface area contributed by atoms with Gasteiger partial charge in [-0.1, -0.05) is 18.2 Å². The minimum Gasteiger partial charge on any atom is -0.332 e. The third-order valence-corrected chi connectivity index (χ3v) is 3.64. The molecule has 118 valence electrons. The van der Waals surface area contributed by atoms with Crippen LogP contribution >= 0.6 is 12.2 Å². The Morgan fingerprint density at radius 3 is 2.52 bits per heavy atom. The zero-order valence-electron chi connectivity index (χ0n) is 13.1. The van der Waals surface area contributed by atoms with Gasteiger partial charge in [-0.15, -0.1) is 0 Å². The summed E-state index contributed by atoms with van der Waals surface area (Å²) >= 11 is 5.49. The SMILES string of the molecule is Cc1cc(C)nc(NC2=NCCN2C(=S)Nc2ccccc2)n1. The normalized spacial score (nSPS) is 13.7. The van der Waals surface area contributed by atoms with E-state index in [1.165, 1.54) is 0 Å². The second-order valence-corrected chi connectivity index (χ2v) is 5.64. The van der Waals surface area contributed by atoms with E-state index in [-0.39, 0.29) is 0 Å². The summed E-state index contributed by atoms with van der Waals surface area (Å²) < 4.78 is 0. The van der Waals surface area contributed by atoms with Crippen molar-refractivity contribution in [2.24, 2.45) is 4.99 Å². The number of nitrogens with zero attached hydrogens (tertiary/aromatic N) is 4. The van der Waals surface area contributed by atoms with E-state index in [0.29, 0.717) is 23.6 Å². The third kappa shape index (κ3) is 3.81. The largest absolute Gasteiger partial charge is 0.332 e. The summed E-state index contributed by atoms with van der Waals surface area (Å²) in [5, 5.41) is 6.98. The van der Waals surface area contributed by atoms with Crippen LogP contribution in [0.3, 0.4) is 0 Å². The van der Waals surface area contributed by atoms with Gasteiger partial charge in [-0.05, 0) is 44.3 Å². The standard InChI is InChI=1S/C16H18N6S/c1-11-10-12(2)19-14(18-11)21-15-17-8-9-22(15)16(23)20-13-6-4-3-5-7-13/h3-7,10H,8-9H2,1-2H3,(H,20,23)(H,17,18,19,21). The van der Waals surface area contributed by atoms with E-state index in [9.17, 15) is 0 Å². The molecule has 1 aliphatic rings. The molecular weight excluding hydrogens is 308 g/mol. The van der Waals surface area contributed by atoms with E-state index in [4.69, 9.17) is 12.2 Å². The molecule has 0 radical (unpaired) electrons. The summed E-state index contributed by atoms with van der Waals surface area (Å²) in [7, 11) is 0. The van der Waals surface area contributed by atoms with Crippen molar-refractivity contribution in [3.63, 3.8) is 0 Å². The van der Waals surface area contributed by atoms with Gasteiger partial charge in [-0.3, -0.25) is 15.2 Å². The number of benzene rings is 1. The maximum Gasteiger partial charge on any atom is 0.229 e. The Balaban J connectivity index is 1.71. The number of hydrogen-bond acceptors (Lipinski definition) is 5. The van der Waals surface area contributed by atoms with Crippen LogP contribution in [0.25, 0.3) is 0 Å². The summed E-state index contributed by atoms with van der Waals surface area (Å²) in [6, 6.07) is 11.8. The van der Waals surface area contributed by atoms with E-state index in [0.717, 1.165) is 23.6 Å². The average Bonchev–Trinajstić information content (AvgIpc) is 2.95. The van der Waals surface area contributed by atoms with Crippen LogP contribution in [0.15, 0.2) is 41.4 Å².